The predicted molar refractivity (Wildman–Crippen MR) is 95.0 cm³/mol. The van der Waals surface area contributed by atoms with E-state index >= 15 is 0 Å². The van der Waals surface area contributed by atoms with Gasteiger partial charge < -0.3 is 14.7 Å². The van der Waals surface area contributed by atoms with Crippen molar-refractivity contribution in [3.05, 3.63) is 35.4 Å². The number of ether oxygens (including phenoxy) is 1. The van der Waals surface area contributed by atoms with Crippen LogP contribution in [0.4, 0.5) is 0 Å². The van der Waals surface area contributed by atoms with Gasteiger partial charge in [-0.15, -0.1) is 0 Å². The molecule has 1 amide bonds. The summed E-state index contributed by atoms with van der Waals surface area (Å²) in [6, 6.07) is 7.62. The minimum absolute atomic E-state index is 0.0682. The molecule has 1 saturated heterocycles. The summed E-state index contributed by atoms with van der Waals surface area (Å²) in [6.07, 6.45) is -0.359. The largest absolute Gasteiger partial charge is 0.391 e. The van der Waals surface area contributed by atoms with Gasteiger partial charge in [-0.2, -0.15) is 0 Å². The van der Waals surface area contributed by atoms with E-state index in [-0.39, 0.29) is 17.4 Å². The molecule has 1 heterocycles. The SMILES string of the molecule is COCc1ccccc1C(=O)N1CCN(C[C@H](O)C(C)(C)C)CC1. The van der Waals surface area contributed by atoms with E-state index < -0.39 is 0 Å². The van der Waals surface area contributed by atoms with Gasteiger partial charge in [0.1, 0.15) is 0 Å². The number of amides is 1. The highest BCUT2D eigenvalue weighted by Crippen LogP contribution is 2.21. The van der Waals surface area contributed by atoms with Gasteiger partial charge in [-0.3, -0.25) is 9.69 Å². The molecular formula is C19H30N2O3. The molecule has 1 aliphatic rings. The zero-order valence-electron chi connectivity index (χ0n) is 15.3. The lowest BCUT2D eigenvalue weighted by Gasteiger charge is -2.38. The molecule has 1 atom stereocenters. The predicted octanol–water partition coefficient (Wildman–Crippen LogP) is 2.00. The maximum atomic E-state index is 12.8. The molecule has 0 aliphatic carbocycles. The number of carbonyl (C=O) groups is 1. The van der Waals surface area contributed by atoms with Gasteiger partial charge in [-0.05, 0) is 17.0 Å². The Morgan fingerprint density at radius 3 is 2.42 bits per heavy atom. The summed E-state index contributed by atoms with van der Waals surface area (Å²) in [4.78, 5) is 16.9. The fourth-order valence-corrected chi connectivity index (χ4v) is 2.83. The first-order chi connectivity index (χ1) is 11.3. The van der Waals surface area contributed by atoms with Crippen LogP contribution in [-0.2, 0) is 11.3 Å². The third kappa shape index (κ3) is 4.79. The van der Waals surface area contributed by atoms with Crippen molar-refractivity contribution in [1.82, 2.24) is 9.80 Å². The molecule has 0 unspecified atom stereocenters. The Labute approximate surface area is 145 Å². The molecule has 5 heteroatoms. The molecule has 0 aromatic heterocycles. The molecule has 0 saturated carbocycles. The highest BCUT2D eigenvalue weighted by Gasteiger charge is 2.28. The van der Waals surface area contributed by atoms with Gasteiger partial charge in [0, 0.05) is 45.4 Å². The Hall–Kier alpha value is -1.43. The van der Waals surface area contributed by atoms with Gasteiger partial charge in [0.15, 0.2) is 0 Å². The van der Waals surface area contributed by atoms with Crippen molar-refractivity contribution in [2.45, 2.75) is 33.5 Å². The van der Waals surface area contributed by atoms with Gasteiger partial charge in [-0.25, -0.2) is 0 Å². The topological polar surface area (TPSA) is 53.0 Å². The summed E-state index contributed by atoms with van der Waals surface area (Å²) in [6.45, 7) is 10.2. The number of benzene rings is 1. The van der Waals surface area contributed by atoms with Crippen LogP contribution in [0.2, 0.25) is 0 Å². The maximum absolute atomic E-state index is 12.8. The van der Waals surface area contributed by atoms with Crippen molar-refractivity contribution in [1.29, 1.82) is 0 Å². The number of aliphatic hydroxyl groups excluding tert-OH is 1. The van der Waals surface area contributed by atoms with Crippen LogP contribution < -0.4 is 0 Å². The average Bonchev–Trinajstić information content (AvgIpc) is 2.55. The number of hydrogen-bond acceptors (Lipinski definition) is 4. The summed E-state index contributed by atoms with van der Waals surface area (Å²) in [5.41, 5.74) is 1.53. The summed E-state index contributed by atoms with van der Waals surface area (Å²) < 4.78 is 5.19. The van der Waals surface area contributed by atoms with Crippen molar-refractivity contribution in [3.63, 3.8) is 0 Å². The second-order valence-corrected chi connectivity index (χ2v) is 7.56. The number of rotatable bonds is 5. The first-order valence-electron chi connectivity index (χ1n) is 8.59. The van der Waals surface area contributed by atoms with E-state index in [4.69, 9.17) is 4.74 Å². The fraction of sp³-hybridized carbons (Fsp3) is 0.632. The number of methoxy groups -OCH3 is 1. The number of nitrogens with zero attached hydrogens (tertiary/aromatic N) is 2. The minimum Gasteiger partial charge on any atom is -0.391 e. The summed E-state index contributed by atoms with van der Waals surface area (Å²) in [5, 5.41) is 10.3. The van der Waals surface area contributed by atoms with E-state index in [1.54, 1.807) is 7.11 Å². The molecule has 24 heavy (non-hydrogen) atoms. The van der Waals surface area contributed by atoms with Crippen molar-refractivity contribution in [2.75, 3.05) is 39.8 Å². The molecule has 1 aromatic carbocycles. The minimum atomic E-state index is -0.359. The number of hydrogen-bond donors (Lipinski definition) is 1. The lowest BCUT2D eigenvalue weighted by Crippen LogP contribution is -2.51. The van der Waals surface area contributed by atoms with Crippen LogP contribution in [0.5, 0.6) is 0 Å². The van der Waals surface area contributed by atoms with E-state index in [1.165, 1.54) is 0 Å². The summed E-state index contributed by atoms with van der Waals surface area (Å²) in [7, 11) is 1.64. The smallest absolute Gasteiger partial charge is 0.254 e. The van der Waals surface area contributed by atoms with E-state index in [9.17, 15) is 9.90 Å². The Balaban J connectivity index is 1.94. The van der Waals surface area contributed by atoms with E-state index in [1.807, 2.05) is 49.9 Å². The number of aliphatic hydroxyl groups is 1. The monoisotopic (exact) mass is 334 g/mol. The lowest BCUT2D eigenvalue weighted by molar-refractivity contribution is 0.0136. The highest BCUT2D eigenvalue weighted by molar-refractivity contribution is 5.95. The highest BCUT2D eigenvalue weighted by atomic mass is 16.5. The quantitative estimate of drug-likeness (QED) is 0.895. The van der Waals surface area contributed by atoms with Gasteiger partial charge >= 0.3 is 0 Å². The second kappa shape index (κ2) is 8.10. The number of β-amino-alcohol motifs (C(OH)–C–C–N with tert-alkyl or cyclic N) is 1. The van der Waals surface area contributed by atoms with Crippen molar-refractivity contribution >= 4 is 5.91 Å². The van der Waals surface area contributed by atoms with Crippen LogP contribution in [0.3, 0.4) is 0 Å². The van der Waals surface area contributed by atoms with Gasteiger partial charge in [-0.1, -0.05) is 39.0 Å². The average molecular weight is 334 g/mol. The van der Waals surface area contributed by atoms with Gasteiger partial charge in [0.05, 0.1) is 12.7 Å². The first-order valence-corrected chi connectivity index (χ1v) is 8.59. The van der Waals surface area contributed by atoms with Crippen molar-refractivity contribution in [3.8, 4) is 0 Å². The lowest BCUT2D eigenvalue weighted by atomic mass is 9.89. The van der Waals surface area contributed by atoms with Crippen molar-refractivity contribution in [2.24, 2.45) is 5.41 Å². The molecule has 0 bridgehead atoms. The van der Waals surface area contributed by atoms with Gasteiger partial charge in [0.2, 0.25) is 0 Å². The molecule has 0 radical (unpaired) electrons. The second-order valence-electron chi connectivity index (χ2n) is 7.56. The summed E-state index contributed by atoms with van der Waals surface area (Å²) in [5.74, 6) is 0.0682. The zero-order chi connectivity index (χ0) is 17.7. The normalized spacial score (nSPS) is 17.8. The third-order valence-corrected chi connectivity index (χ3v) is 4.64. The Morgan fingerprint density at radius 2 is 1.83 bits per heavy atom. The standard InChI is InChI=1S/C19H30N2O3/c1-19(2,3)17(22)13-20-9-11-21(12-10-20)18(23)16-8-6-5-7-15(16)14-24-4/h5-8,17,22H,9-14H2,1-4H3/t17-/m0/s1. The van der Waals surface area contributed by atoms with Crippen LogP contribution in [0.15, 0.2) is 24.3 Å². The zero-order valence-corrected chi connectivity index (χ0v) is 15.3. The summed E-state index contributed by atoms with van der Waals surface area (Å²) >= 11 is 0. The van der Waals surface area contributed by atoms with E-state index in [2.05, 4.69) is 4.90 Å². The maximum Gasteiger partial charge on any atom is 0.254 e. The van der Waals surface area contributed by atoms with Crippen LogP contribution >= 0.6 is 0 Å². The van der Waals surface area contributed by atoms with Crippen LogP contribution in [0, 0.1) is 5.41 Å². The van der Waals surface area contributed by atoms with Crippen LogP contribution in [-0.4, -0.2) is 66.8 Å². The van der Waals surface area contributed by atoms with E-state index in [0.29, 0.717) is 26.2 Å². The molecule has 1 aliphatic heterocycles. The Morgan fingerprint density at radius 1 is 1.21 bits per heavy atom. The molecule has 5 nitrogen and oxygen atoms in total. The van der Waals surface area contributed by atoms with Crippen molar-refractivity contribution < 1.29 is 14.6 Å². The molecule has 2 rings (SSSR count). The van der Waals surface area contributed by atoms with Crippen LogP contribution in [0.25, 0.3) is 0 Å². The molecule has 1 aromatic rings. The van der Waals surface area contributed by atoms with Crippen LogP contribution in [0.1, 0.15) is 36.7 Å². The Bertz CT molecular complexity index is 546. The molecule has 134 valence electrons. The Kier molecular flexibility index (Phi) is 6.38. The molecule has 1 N–H and O–H groups in total. The first kappa shape index (κ1) is 18.9. The fourth-order valence-electron chi connectivity index (χ4n) is 2.83. The molecule has 0 spiro atoms. The molecular weight excluding hydrogens is 304 g/mol. The third-order valence-electron chi connectivity index (χ3n) is 4.64. The van der Waals surface area contributed by atoms with Gasteiger partial charge in [0.25, 0.3) is 5.91 Å². The number of carbonyl (C=O) groups excluding carboxylic acids is 1. The number of piperazine rings is 1. The van der Waals surface area contributed by atoms with E-state index in [0.717, 1.165) is 24.2 Å². The molecule has 1 fully saturated rings.